The first-order valence-electron chi connectivity index (χ1n) is 12.3. The average molecular weight is 552 g/mol. The van der Waals surface area contributed by atoms with E-state index in [0.29, 0.717) is 0 Å². The second kappa shape index (κ2) is 12.3. The number of thioether (sulfide) groups is 1. The number of carbonyl (C=O) groups is 4. The molecule has 4 unspecified atom stereocenters. The minimum atomic E-state index is -1.24. The molecule has 10 nitrogen and oxygen atoms in total. The van der Waals surface area contributed by atoms with E-state index in [4.69, 9.17) is 15.9 Å². The molecule has 2 amide bonds. The third-order valence-corrected chi connectivity index (χ3v) is 7.98. The Morgan fingerprint density at radius 3 is 2.28 bits per heavy atom. The van der Waals surface area contributed by atoms with Crippen LogP contribution in [0.2, 0.25) is 0 Å². The van der Waals surface area contributed by atoms with Gasteiger partial charge >= 0.3 is 11.9 Å². The number of benzene rings is 3. The second-order valence-corrected chi connectivity index (χ2v) is 10.5. The summed E-state index contributed by atoms with van der Waals surface area (Å²) < 4.78 is 0. The third-order valence-electron chi connectivity index (χ3n) is 6.59. The van der Waals surface area contributed by atoms with Gasteiger partial charge in [0.2, 0.25) is 11.8 Å². The lowest BCUT2D eigenvalue weighted by molar-refractivity contribution is -0.139. The van der Waals surface area contributed by atoms with Crippen LogP contribution >= 0.6 is 11.8 Å². The van der Waals surface area contributed by atoms with Crippen LogP contribution in [0.15, 0.2) is 60.7 Å². The van der Waals surface area contributed by atoms with Gasteiger partial charge in [-0.1, -0.05) is 48.5 Å². The van der Waals surface area contributed by atoms with E-state index in [1.165, 1.54) is 11.8 Å². The molecule has 0 saturated carbocycles. The van der Waals surface area contributed by atoms with Crippen LogP contribution in [0.25, 0.3) is 21.9 Å². The molecule has 0 saturated heterocycles. The summed E-state index contributed by atoms with van der Waals surface area (Å²) in [6.45, 7) is -0.630. The Labute approximate surface area is 228 Å². The molecule has 0 heterocycles. The zero-order valence-electron chi connectivity index (χ0n) is 20.9. The number of fused-ring (bicyclic) bond motifs is 4. The van der Waals surface area contributed by atoms with E-state index in [9.17, 15) is 24.3 Å². The highest BCUT2D eigenvalue weighted by atomic mass is 32.2. The van der Waals surface area contributed by atoms with E-state index in [1.807, 2.05) is 54.6 Å². The molecule has 4 rings (SSSR count). The molecular weight excluding hydrogens is 522 g/mol. The van der Waals surface area contributed by atoms with E-state index in [0.717, 1.165) is 33.0 Å². The molecule has 4 atom stereocenters. The zero-order chi connectivity index (χ0) is 28.1. The highest BCUT2D eigenvalue weighted by Crippen LogP contribution is 2.51. The fourth-order valence-corrected chi connectivity index (χ4v) is 5.93. The minimum Gasteiger partial charge on any atom is -0.480 e. The number of carboxylic acids is 2. The number of carboxylic acid groups (broad SMARTS) is 2. The third kappa shape index (κ3) is 6.56. The van der Waals surface area contributed by atoms with Gasteiger partial charge in [-0.3, -0.25) is 19.2 Å². The number of nitrogens with two attached hydrogens (primary N) is 1. The van der Waals surface area contributed by atoms with E-state index in [1.54, 1.807) is 0 Å². The quantitative estimate of drug-likeness (QED) is 0.208. The van der Waals surface area contributed by atoms with Crippen LogP contribution in [-0.2, 0) is 19.2 Å². The molecule has 0 fully saturated rings. The van der Waals surface area contributed by atoms with Crippen molar-refractivity contribution < 1.29 is 34.5 Å². The van der Waals surface area contributed by atoms with E-state index < -0.39 is 53.7 Å². The summed E-state index contributed by atoms with van der Waals surface area (Å²) in [6.07, 6.45) is -1.26. The van der Waals surface area contributed by atoms with E-state index in [2.05, 4.69) is 16.7 Å². The maximum absolute atomic E-state index is 12.8. The largest absolute Gasteiger partial charge is 0.480 e. The Kier molecular flexibility index (Phi) is 8.85. The Morgan fingerprint density at radius 1 is 0.923 bits per heavy atom. The molecule has 0 aliphatic heterocycles. The van der Waals surface area contributed by atoms with Gasteiger partial charge in [-0.2, -0.15) is 0 Å². The second-order valence-electron chi connectivity index (χ2n) is 9.29. The van der Waals surface area contributed by atoms with Crippen LogP contribution in [0.5, 0.6) is 0 Å². The molecule has 11 heteroatoms. The summed E-state index contributed by atoms with van der Waals surface area (Å²) in [5.74, 6) is -3.75. The van der Waals surface area contributed by atoms with Crippen molar-refractivity contribution >= 4 is 46.3 Å². The molecule has 39 heavy (non-hydrogen) atoms. The SMILES string of the molecule is NC(CCC(=O)NC(CSC1c2ccccc2-c2cc3ccccc3cc2C1O)C(=O)NCC(=O)O)C(=O)O. The van der Waals surface area contributed by atoms with Crippen molar-refractivity contribution in [3.63, 3.8) is 0 Å². The standard InChI is InChI=1S/C28H29N3O7S/c29-21(28(37)38)9-10-23(32)31-22(27(36)30-13-24(33)34)14-39-26-18-8-4-3-7-17(18)19-11-15-5-1-2-6-16(15)12-20(19)25(26)35/h1-8,11-12,21-22,25-26,35H,9-10,13-14,29H2,(H,30,36)(H,31,32)(H,33,34)(H,37,38). The number of amides is 2. The molecule has 3 aromatic rings. The van der Waals surface area contributed by atoms with Crippen molar-refractivity contribution in [3.8, 4) is 11.1 Å². The van der Waals surface area contributed by atoms with Crippen LogP contribution in [0, 0.1) is 0 Å². The molecule has 0 spiro atoms. The lowest BCUT2D eigenvalue weighted by Crippen LogP contribution is -2.49. The van der Waals surface area contributed by atoms with Gasteiger partial charge in [0.15, 0.2) is 0 Å². The Hall–Kier alpha value is -3.93. The number of carbonyl (C=O) groups excluding carboxylic acids is 2. The summed E-state index contributed by atoms with van der Waals surface area (Å²) in [5.41, 5.74) is 8.98. The van der Waals surface area contributed by atoms with Crippen molar-refractivity contribution in [1.29, 1.82) is 0 Å². The summed E-state index contributed by atoms with van der Waals surface area (Å²) in [6, 6.07) is 17.2. The predicted octanol–water partition coefficient (Wildman–Crippen LogP) is 2.21. The predicted molar refractivity (Wildman–Crippen MR) is 147 cm³/mol. The Balaban J connectivity index is 1.56. The smallest absolute Gasteiger partial charge is 0.322 e. The van der Waals surface area contributed by atoms with Gasteiger partial charge in [-0.15, -0.1) is 11.8 Å². The van der Waals surface area contributed by atoms with Crippen molar-refractivity contribution in [2.45, 2.75) is 36.3 Å². The number of aliphatic hydroxyl groups excluding tert-OH is 1. The van der Waals surface area contributed by atoms with Crippen LogP contribution in [-0.4, -0.2) is 63.5 Å². The lowest BCUT2D eigenvalue weighted by atomic mass is 9.82. The van der Waals surface area contributed by atoms with Gasteiger partial charge in [0.1, 0.15) is 18.6 Å². The maximum Gasteiger partial charge on any atom is 0.322 e. The van der Waals surface area contributed by atoms with Gasteiger partial charge in [0, 0.05) is 12.2 Å². The van der Waals surface area contributed by atoms with Gasteiger partial charge in [0.05, 0.1) is 11.4 Å². The fourth-order valence-electron chi connectivity index (χ4n) is 4.59. The first kappa shape index (κ1) is 28.1. The van der Waals surface area contributed by atoms with E-state index >= 15 is 0 Å². The van der Waals surface area contributed by atoms with Crippen molar-refractivity contribution in [2.75, 3.05) is 12.3 Å². The molecule has 1 aliphatic carbocycles. The summed E-state index contributed by atoms with van der Waals surface area (Å²) >= 11 is 1.27. The lowest BCUT2D eigenvalue weighted by Gasteiger charge is -2.33. The molecule has 204 valence electrons. The minimum absolute atomic E-state index is 0.0289. The van der Waals surface area contributed by atoms with Crippen LogP contribution in [0.1, 0.15) is 35.3 Å². The molecule has 0 bridgehead atoms. The summed E-state index contributed by atoms with van der Waals surface area (Å²) in [7, 11) is 0. The fraction of sp³-hybridized carbons (Fsp3) is 0.286. The molecule has 3 aromatic carbocycles. The number of aliphatic hydroxyl groups is 1. The van der Waals surface area contributed by atoms with Crippen LogP contribution < -0.4 is 16.4 Å². The number of hydrogen-bond donors (Lipinski definition) is 6. The highest BCUT2D eigenvalue weighted by molar-refractivity contribution is 7.99. The molecule has 0 aromatic heterocycles. The van der Waals surface area contributed by atoms with E-state index in [-0.39, 0.29) is 18.6 Å². The number of rotatable bonds is 11. The van der Waals surface area contributed by atoms with Crippen molar-refractivity contribution in [1.82, 2.24) is 10.6 Å². The first-order valence-corrected chi connectivity index (χ1v) is 13.4. The number of nitrogens with one attached hydrogen (secondary N) is 2. The first-order chi connectivity index (χ1) is 18.7. The molecule has 1 aliphatic rings. The molecule has 0 radical (unpaired) electrons. The topological polar surface area (TPSA) is 179 Å². The molecule has 7 N–H and O–H groups in total. The van der Waals surface area contributed by atoms with Gasteiger partial charge in [-0.25, -0.2) is 0 Å². The summed E-state index contributed by atoms with van der Waals surface area (Å²) in [4.78, 5) is 47.2. The Bertz CT molecular complexity index is 1410. The van der Waals surface area contributed by atoms with Gasteiger partial charge in [0.25, 0.3) is 0 Å². The van der Waals surface area contributed by atoms with Crippen LogP contribution in [0.4, 0.5) is 0 Å². The number of hydrogen-bond acceptors (Lipinski definition) is 7. The van der Waals surface area contributed by atoms with Crippen LogP contribution in [0.3, 0.4) is 0 Å². The average Bonchev–Trinajstić information content (AvgIpc) is 2.92. The molecular formula is C28H29N3O7S. The summed E-state index contributed by atoms with van der Waals surface area (Å²) in [5, 5.41) is 35.8. The number of aliphatic carboxylic acids is 2. The zero-order valence-corrected chi connectivity index (χ0v) is 21.7. The van der Waals surface area contributed by atoms with Gasteiger partial charge in [-0.05, 0) is 51.6 Å². The maximum atomic E-state index is 12.8. The monoisotopic (exact) mass is 551 g/mol. The Morgan fingerprint density at radius 2 is 1.59 bits per heavy atom. The van der Waals surface area contributed by atoms with Crippen molar-refractivity contribution in [3.05, 3.63) is 71.8 Å². The van der Waals surface area contributed by atoms with Gasteiger partial charge < -0.3 is 31.7 Å². The normalized spacial score (nSPS) is 17.4. The highest BCUT2D eigenvalue weighted by Gasteiger charge is 2.34. The van der Waals surface area contributed by atoms with Crippen molar-refractivity contribution in [2.24, 2.45) is 5.73 Å².